The summed E-state index contributed by atoms with van der Waals surface area (Å²) in [4.78, 5) is 22.7. The number of carboxylic acid groups (broad SMARTS) is 1. The lowest BCUT2D eigenvalue weighted by Crippen LogP contribution is -2.26. The molecule has 0 aliphatic carbocycles. The Labute approximate surface area is 114 Å². The number of carbonyl (C=O) groups is 2. The van der Waals surface area contributed by atoms with Gasteiger partial charge in [-0.15, -0.1) is 0 Å². The van der Waals surface area contributed by atoms with Crippen molar-refractivity contribution in [3.8, 4) is 0 Å². The van der Waals surface area contributed by atoms with E-state index in [0.29, 0.717) is 31.4 Å². The number of carboxylic acids is 1. The van der Waals surface area contributed by atoms with Crippen molar-refractivity contribution in [1.82, 2.24) is 5.32 Å². The number of nitrogens with one attached hydrogen (secondary N) is 1. The van der Waals surface area contributed by atoms with E-state index < -0.39 is 34.6 Å². The molecule has 0 aliphatic heterocycles. The highest BCUT2D eigenvalue weighted by molar-refractivity contribution is 6.04. The number of amides is 1. The van der Waals surface area contributed by atoms with Crippen molar-refractivity contribution in [3.05, 3.63) is 34.9 Å². The number of aromatic carboxylic acids is 1. The second-order valence-electron chi connectivity index (χ2n) is 4.16. The number of hydrogen-bond donors (Lipinski definition) is 3. The number of carbonyl (C=O) groups excluding carboxylic acids is 1. The predicted octanol–water partition coefficient (Wildman–Crippen LogP) is 1.56. The van der Waals surface area contributed by atoms with Gasteiger partial charge in [-0.2, -0.15) is 0 Å². The molecule has 1 rings (SSSR count). The Morgan fingerprint density at radius 3 is 2.20 bits per heavy atom. The average Bonchev–Trinajstić information content (AvgIpc) is 2.40. The molecule has 110 valence electrons. The van der Waals surface area contributed by atoms with Crippen molar-refractivity contribution in [2.75, 3.05) is 13.2 Å². The van der Waals surface area contributed by atoms with Gasteiger partial charge < -0.3 is 15.5 Å². The van der Waals surface area contributed by atoms with Crippen molar-refractivity contribution in [2.24, 2.45) is 0 Å². The van der Waals surface area contributed by atoms with E-state index in [2.05, 4.69) is 5.32 Å². The Balaban J connectivity index is 2.76. The molecule has 3 N–H and O–H groups in total. The summed E-state index contributed by atoms with van der Waals surface area (Å²) < 4.78 is 26.1. The Bertz CT molecular complexity index is 505. The second kappa shape index (κ2) is 7.54. The molecule has 0 fully saturated rings. The van der Waals surface area contributed by atoms with Gasteiger partial charge in [0.2, 0.25) is 0 Å². The molecule has 0 aromatic heterocycles. The van der Waals surface area contributed by atoms with Gasteiger partial charge in [-0.25, -0.2) is 13.6 Å². The zero-order valence-corrected chi connectivity index (χ0v) is 10.7. The molecule has 0 saturated heterocycles. The van der Waals surface area contributed by atoms with Crippen LogP contribution in [0.2, 0.25) is 0 Å². The molecule has 0 bridgehead atoms. The molecule has 0 saturated carbocycles. The lowest BCUT2D eigenvalue weighted by molar-refractivity contribution is 0.0690. The first-order valence-corrected chi connectivity index (χ1v) is 6.08. The van der Waals surface area contributed by atoms with Gasteiger partial charge in [0, 0.05) is 13.2 Å². The van der Waals surface area contributed by atoms with Gasteiger partial charge in [-0.3, -0.25) is 4.79 Å². The molecule has 0 radical (unpaired) electrons. The van der Waals surface area contributed by atoms with Crippen molar-refractivity contribution >= 4 is 11.9 Å². The highest BCUT2D eigenvalue weighted by Gasteiger charge is 2.20. The summed E-state index contributed by atoms with van der Waals surface area (Å²) in [5.74, 6) is -4.87. The van der Waals surface area contributed by atoms with Gasteiger partial charge in [0.15, 0.2) is 11.6 Å². The van der Waals surface area contributed by atoms with E-state index in [1.807, 2.05) is 0 Å². The maximum Gasteiger partial charge on any atom is 0.336 e. The normalized spacial score (nSPS) is 10.3. The molecule has 1 amide bonds. The number of halogens is 2. The lowest BCUT2D eigenvalue weighted by Gasteiger charge is -2.08. The fourth-order valence-corrected chi connectivity index (χ4v) is 1.62. The molecule has 1 aromatic carbocycles. The van der Waals surface area contributed by atoms with Crippen molar-refractivity contribution in [1.29, 1.82) is 0 Å². The molecule has 20 heavy (non-hydrogen) atoms. The van der Waals surface area contributed by atoms with Crippen molar-refractivity contribution < 1.29 is 28.6 Å². The minimum atomic E-state index is -1.51. The van der Waals surface area contributed by atoms with Crippen LogP contribution in [0.25, 0.3) is 0 Å². The molecule has 0 spiro atoms. The standard InChI is InChI=1S/C13H15F2NO4/c14-10-6-8(9(13(19)20)7-11(10)15)12(18)16-4-2-1-3-5-17/h6-7,17H,1-5H2,(H,16,18)(H,19,20). The summed E-state index contributed by atoms with van der Waals surface area (Å²) >= 11 is 0. The quantitative estimate of drug-likeness (QED) is 0.664. The van der Waals surface area contributed by atoms with Crippen LogP contribution in [0.3, 0.4) is 0 Å². The maximum atomic E-state index is 13.1. The van der Waals surface area contributed by atoms with Gasteiger partial charge >= 0.3 is 5.97 Å². The van der Waals surface area contributed by atoms with Gasteiger partial charge in [0.05, 0.1) is 11.1 Å². The van der Waals surface area contributed by atoms with Gasteiger partial charge in [-0.05, 0) is 31.4 Å². The van der Waals surface area contributed by atoms with Crippen molar-refractivity contribution in [2.45, 2.75) is 19.3 Å². The van der Waals surface area contributed by atoms with Crippen molar-refractivity contribution in [3.63, 3.8) is 0 Å². The largest absolute Gasteiger partial charge is 0.478 e. The third-order valence-corrected chi connectivity index (χ3v) is 2.66. The summed E-state index contributed by atoms with van der Waals surface area (Å²) in [5.41, 5.74) is -1.00. The number of aliphatic hydroxyl groups excluding tert-OH is 1. The fraction of sp³-hybridized carbons (Fsp3) is 0.385. The first-order valence-electron chi connectivity index (χ1n) is 6.08. The number of hydrogen-bond acceptors (Lipinski definition) is 3. The van der Waals surface area contributed by atoms with Gasteiger partial charge in [0.25, 0.3) is 5.91 Å². The first kappa shape index (κ1) is 16.0. The zero-order valence-electron chi connectivity index (χ0n) is 10.7. The summed E-state index contributed by atoms with van der Waals surface area (Å²) in [5, 5.41) is 19.9. The summed E-state index contributed by atoms with van der Waals surface area (Å²) in [6, 6.07) is 1.06. The molecule has 5 nitrogen and oxygen atoms in total. The average molecular weight is 287 g/mol. The fourth-order valence-electron chi connectivity index (χ4n) is 1.62. The Morgan fingerprint density at radius 1 is 1.05 bits per heavy atom. The van der Waals surface area contributed by atoms with E-state index >= 15 is 0 Å². The Hall–Kier alpha value is -2.02. The number of unbranched alkanes of at least 4 members (excludes halogenated alkanes) is 2. The van der Waals surface area contributed by atoms with E-state index in [-0.39, 0.29) is 13.2 Å². The SMILES string of the molecule is O=C(O)c1cc(F)c(F)cc1C(=O)NCCCCCO. The van der Waals surface area contributed by atoms with Crippen LogP contribution in [0.1, 0.15) is 40.0 Å². The highest BCUT2D eigenvalue weighted by atomic mass is 19.2. The van der Waals surface area contributed by atoms with Crippen LogP contribution in [-0.4, -0.2) is 35.2 Å². The highest BCUT2D eigenvalue weighted by Crippen LogP contribution is 2.15. The molecule has 1 aromatic rings. The number of aliphatic hydroxyl groups is 1. The third-order valence-electron chi connectivity index (χ3n) is 2.66. The van der Waals surface area contributed by atoms with Crippen LogP contribution in [0, 0.1) is 11.6 Å². The number of rotatable bonds is 7. The minimum absolute atomic E-state index is 0.0558. The maximum absolute atomic E-state index is 13.1. The van der Waals surface area contributed by atoms with Crippen LogP contribution in [0.5, 0.6) is 0 Å². The summed E-state index contributed by atoms with van der Waals surface area (Å²) in [6.45, 7) is 0.317. The molecule has 0 atom stereocenters. The van der Waals surface area contributed by atoms with E-state index in [0.717, 1.165) is 0 Å². The van der Waals surface area contributed by atoms with Crippen LogP contribution in [-0.2, 0) is 0 Å². The molecule has 0 heterocycles. The van der Waals surface area contributed by atoms with Crippen LogP contribution in [0.15, 0.2) is 12.1 Å². The minimum Gasteiger partial charge on any atom is -0.478 e. The topological polar surface area (TPSA) is 86.6 Å². The second-order valence-corrected chi connectivity index (χ2v) is 4.16. The van der Waals surface area contributed by atoms with E-state index in [1.165, 1.54) is 0 Å². The predicted molar refractivity (Wildman–Crippen MR) is 66.6 cm³/mol. The molecular weight excluding hydrogens is 272 g/mol. The van der Waals surface area contributed by atoms with Crippen LogP contribution < -0.4 is 5.32 Å². The van der Waals surface area contributed by atoms with Crippen LogP contribution in [0.4, 0.5) is 8.78 Å². The van der Waals surface area contributed by atoms with Crippen LogP contribution >= 0.6 is 0 Å². The smallest absolute Gasteiger partial charge is 0.336 e. The Morgan fingerprint density at radius 2 is 1.65 bits per heavy atom. The molecule has 0 unspecified atom stereocenters. The Kier molecular flexibility index (Phi) is 6.05. The van der Waals surface area contributed by atoms with Gasteiger partial charge in [0.1, 0.15) is 0 Å². The number of benzene rings is 1. The van der Waals surface area contributed by atoms with E-state index in [9.17, 15) is 18.4 Å². The first-order chi connectivity index (χ1) is 9.47. The molecular formula is C13H15F2NO4. The third kappa shape index (κ3) is 4.27. The lowest BCUT2D eigenvalue weighted by atomic mass is 10.1. The summed E-state index contributed by atoms with van der Waals surface area (Å²) in [7, 11) is 0. The van der Waals surface area contributed by atoms with Gasteiger partial charge in [-0.1, -0.05) is 0 Å². The van der Waals surface area contributed by atoms with E-state index in [4.69, 9.17) is 10.2 Å². The molecule has 0 aliphatic rings. The summed E-state index contributed by atoms with van der Waals surface area (Å²) in [6.07, 6.45) is 1.89. The zero-order chi connectivity index (χ0) is 15.1. The molecule has 7 heteroatoms. The monoisotopic (exact) mass is 287 g/mol. The van der Waals surface area contributed by atoms with E-state index in [1.54, 1.807) is 0 Å².